The molecule has 2 atom stereocenters. The molecule has 4 heteroatoms. The van der Waals surface area contributed by atoms with E-state index >= 15 is 0 Å². The molecule has 2 rings (SSSR count). The summed E-state index contributed by atoms with van der Waals surface area (Å²) < 4.78 is 0. The molecule has 1 fully saturated rings. The summed E-state index contributed by atoms with van der Waals surface area (Å²) in [6.07, 6.45) is 1.97. The number of rotatable bonds is 5. The van der Waals surface area contributed by atoms with Gasteiger partial charge in [-0.3, -0.25) is 9.69 Å². The van der Waals surface area contributed by atoms with Crippen molar-refractivity contribution in [3.05, 3.63) is 35.9 Å². The normalized spacial score (nSPS) is 23.0. The van der Waals surface area contributed by atoms with Crippen LogP contribution in [0.1, 0.15) is 32.3 Å². The maximum Gasteiger partial charge on any atom is 0.237 e. The number of likely N-dealkylation sites (N-methyl/N-ethyl adjacent to an activating group) is 1. The van der Waals surface area contributed by atoms with E-state index in [0.29, 0.717) is 19.1 Å². The molecule has 0 aliphatic carbocycles. The first kappa shape index (κ1) is 16.0. The average molecular weight is 289 g/mol. The maximum absolute atomic E-state index is 12.5. The molecule has 2 unspecified atom stereocenters. The van der Waals surface area contributed by atoms with Gasteiger partial charge in [-0.25, -0.2) is 0 Å². The first-order valence-electron chi connectivity index (χ1n) is 7.91. The number of amides is 1. The Morgan fingerprint density at radius 2 is 2.10 bits per heavy atom. The number of likely N-dealkylation sites (tertiary alicyclic amines) is 1. The minimum Gasteiger partial charge on any atom is -0.338 e. The zero-order valence-corrected chi connectivity index (χ0v) is 13.2. The highest BCUT2D eigenvalue weighted by molar-refractivity contribution is 5.78. The quantitative estimate of drug-likeness (QED) is 0.900. The number of hydrogen-bond acceptors (Lipinski definition) is 3. The lowest BCUT2D eigenvalue weighted by Gasteiger charge is -2.37. The monoisotopic (exact) mass is 289 g/mol. The van der Waals surface area contributed by atoms with Gasteiger partial charge in [0.25, 0.3) is 0 Å². The Hall–Kier alpha value is -1.39. The number of carbonyl (C=O) groups is 1. The van der Waals surface area contributed by atoms with Crippen molar-refractivity contribution in [1.82, 2.24) is 9.80 Å². The van der Waals surface area contributed by atoms with Crippen molar-refractivity contribution in [3.63, 3.8) is 0 Å². The van der Waals surface area contributed by atoms with Crippen molar-refractivity contribution in [2.45, 2.75) is 45.3 Å². The minimum atomic E-state index is 0.212. The fraction of sp³-hybridized carbons (Fsp3) is 0.588. The summed E-state index contributed by atoms with van der Waals surface area (Å²) in [7, 11) is 0. The van der Waals surface area contributed by atoms with E-state index in [1.165, 1.54) is 5.56 Å². The van der Waals surface area contributed by atoms with Crippen LogP contribution in [0.3, 0.4) is 0 Å². The van der Waals surface area contributed by atoms with Gasteiger partial charge in [0, 0.05) is 31.7 Å². The van der Waals surface area contributed by atoms with Gasteiger partial charge in [0.05, 0.1) is 6.54 Å². The molecule has 0 saturated carbocycles. The SMILES string of the molecule is CCN(Cc1ccccc1)C(=O)CN1CCC(N)CC1C. The average Bonchev–Trinajstić information content (AvgIpc) is 2.48. The van der Waals surface area contributed by atoms with Crippen molar-refractivity contribution >= 4 is 5.91 Å². The largest absolute Gasteiger partial charge is 0.338 e. The number of nitrogens with zero attached hydrogens (tertiary/aromatic N) is 2. The Labute approximate surface area is 127 Å². The molecule has 2 N–H and O–H groups in total. The highest BCUT2D eigenvalue weighted by Crippen LogP contribution is 2.16. The third-order valence-electron chi connectivity index (χ3n) is 4.34. The van der Waals surface area contributed by atoms with E-state index in [1.807, 2.05) is 30.0 Å². The predicted molar refractivity (Wildman–Crippen MR) is 85.8 cm³/mol. The van der Waals surface area contributed by atoms with Gasteiger partial charge in [0.15, 0.2) is 0 Å². The van der Waals surface area contributed by atoms with Crippen molar-refractivity contribution in [3.8, 4) is 0 Å². The molecular weight excluding hydrogens is 262 g/mol. The van der Waals surface area contributed by atoms with Gasteiger partial charge >= 0.3 is 0 Å². The second-order valence-electron chi connectivity index (χ2n) is 6.00. The molecule has 1 aliphatic rings. The van der Waals surface area contributed by atoms with Gasteiger partial charge < -0.3 is 10.6 Å². The van der Waals surface area contributed by atoms with Crippen molar-refractivity contribution in [1.29, 1.82) is 0 Å². The number of benzene rings is 1. The lowest BCUT2D eigenvalue weighted by molar-refractivity contribution is -0.133. The molecule has 0 aromatic heterocycles. The zero-order chi connectivity index (χ0) is 15.2. The molecule has 1 aromatic carbocycles. The third kappa shape index (κ3) is 4.55. The Kier molecular flexibility index (Phi) is 5.76. The Bertz CT molecular complexity index is 449. The van der Waals surface area contributed by atoms with Crippen LogP contribution in [0.2, 0.25) is 0 Å². The van der Waals surface area contributed by atoms with E-state index in [4.69, 9.17) is 5.73 Å². The molecule has 1 heterocycles. The van der Waals surface area contributed by atoms with E-state index in [1.54, 1.807) is 0 Å². The number of hydrogen-bond donors (Lipinski definition) is 1. The lowest BCUT2D eigenvalue weighted by atomic mass is 9.99. The van der Waals surface area contributed by atoms with Crippen molar-refractivity contribution < 1.29 is 4.79 Å². The molecular formula is C17H27N3O. The smallest absolute Gasteiger partial charge is 0.237 e. The fourth-order valence-corrected chi connectivity index (χ4v) is 2.95. The summed E-state index contributed by atoms with van der Waals surface area (Å²) in [4.78, 5) is 16.7. The van der Waals surface area contributed by atoms with E-state index < -0.39 is 0 Å². The van der Waals surface area contributed by atoms with Crippen LogP contribution < -0.4 is 5.73 Å². The van der Waals surface area contributed by atoms with Crippen LogP contribution in [0.4, 0.5) is 0 Å². The molecule has 1 amide bonds. The summed E-state index contributed by atoms with van der Waals surface area (Å²) in [5, 5.41) is 0. The van der Waals surface area contributed by atoms with Crippen LogP contribution in [-0.2, 0) is 11.3 Å². The van der Waals surface area contributed by atoms with Crippen LogP contribution in [-0.4, -0.2) is 47.4 Å². The molecule has 116 valence electrons. The van der Waals surface area contributed by atoms with Crippen molar-refractivity contribution in [2.75, 3.05) is 19.6 Å². The molecule has 21 heavy (non-hydrogen) atoms. The van der Waals surface area contributed by atoms with E-state index in [-0.39, 0.29) is 11.9 Å². The minimum absolute atomic E-state index is 0.212. The highest BCUT2D eigenvalue weighted by atomic mass is 16.2. The standard InChI is InChI=1S/C17H27N3O/c1-3-19(12-15-7-5-4-6-8-15)17(21)13-20-10-9-16(18)11-14(20)2/h4-8,14,16H,3,9-13,18H2,1-2H3. The second-order valence-corrected chi connectivity index (χ2v) is 6.00. The highest BCUT2D eigenvalue weighted by Gasteiger charge is 2.26. The molecule has 4 nitrogen and oxygen atoms in total. The molecule has 0 spiro atoms. The van der Waals surface area contributed by atoms with Gasteiger partial charge in [0.2, 0.25) is 5.91 Å². The number of nitrogens with two attached hydrogens (primary N) is 1. The Balaban J connectivity index is 1.91. The zero-order valence-electron chi connectivity index (χ0n) is 13.2. The topological polar surface area (TPSA) is 49.6 Å². The molecule has 1 aromatic rings. The van der Waals surface area contributed by atoms with E-state index in [2.05, 4.69) is 24.0 Å². The Morgan fingerprint density at radius 3 is 2.71 bits per heavy atom. The summed E-state index contributed by atoms with van der Waals surface area (Å²) in [6, 6.07) is 10.9. The van der Waals surface area contributed by atoms with E-state index in [9.17, 15) is 4.79 Å². The van der Waals surface area contributed by atoms with Crippen LogP contribution in [0.5, 0.6) is 0 Å². The van der Waals surface area contributed by atoms with Gasteiger partial charge in [-0.15, -0.1) is 0 Å². The molecule has 1 aliphatic heterocycles. The second kappa shape index (κ2) is 7.57. The van der Waals surface area contributed by atoms with Crippen LogP contribution in [0.25, 0.3) is 0 Å². The first-order valence-corrected chi connectivity index (χ1v) is 7.91. The third-order valence-corrected chi connectivity index (χ3v) is 4.34. The predicted octanol–water partition coefficient (Wildman–Crippen LogP) is 1.85. The first-order chi connectivity index (χ1) is 10.1. The Morgan fingerprint density at radius 1 is 1.38 bits per heavy atom. The van der Waals surface area contributed by atoms with Crippen LogP contribution in [0, 0.1) is 0 Å². The van der Waals surface area contributed by atoms with E-state index in [0.717, 1.165) is 25.9 Å². The van der Waals surface area contributed by atoms with Crippen molar-refractivity contribution in [2.24, 2.45) is 5.73 Å². The van der Waals surface area contributed by atoms with Gasteiger partial charge in [-0.1, -0.05) is 30.3 Å². The van der Waals surface area contributed by atoms with Crippen LogP contribution >= 0.6 is 0 Å². The van der Waals surface area contributed by atoms with Gasteiger partial charge in [-0.05, 0) is 32.3 Å². The van der Waals surface area contributed by atoms with Gasteiger partial charge in [0.1, 0.15) is 0 Å². The summed E-state index contributed by atoms with van der Waals surface area (Å²) in [5.74, 6) is 0.212. The van der Waals surface area contributed by atoms with Gasteiger partial charge in [-0.2, -0.15) is 0 Å². The fourth-order valence-electron chi connectivity index (χ4n) is 2.95. The summed E-state index contributed by atoms with van der Waals surface area (Å²) >= 11 is 0. The lowest BCUT2D eigenvalue weighted by Crippen LogP contribution is -2.49. The molecule has 0 bridgehead atoms. The number of carbonyl (C=O) groups excluding carboxylic acids is 1. The maximum atomic E-state index is 12.5. The number of piperidine rings is 1. The molecule has 1 saturated heterocycles. The molecule has 0 radical (unpaired) electrons. The summed E-state index contributed by atoms with van der Waals surface area (Å²) in [5.41, 5.74) is 7.17. The van der Waals surface area contributed by atoms with Crippen LogP contribution in [0.15, 0.2) is 30.3 Å². The summed E-state index contributed by atoms with van der Waals surface area (Å²) in [6.45, 7) is 7.08.